The maximum atomic E-state index is 11.8. The SMILES string of the molecule is O=C1CCN(CC2CCOC2)c2ccccc21. The molecule has 2 heterocycles. The molecule has 90 valence electrons. The molecule has 1 saturated heterocycles. The Morgan fingerprint density at radius 3 is 3.06 bits per heavy atom. The highest BCUT2D eigenvalue weighted by molar-refractivity contribution is 6.03. The summed E-state index contributed by atoms with van der Waals surface area (Å²) in [6.07, 6.45) is 1.79. The second-order valence-corrected chi connectivity index (χ2v) is 4.87. The molecule has 1 fully saturated rings. The fourth-order valence-corrected chi connectivity index (χ4v) is 2.71. The Morgan fingerprint density at radius 2 is 2.24 bits per heavy atom. The van der Waals surface area contributed by atoms with Crippen molar-refractivity contribution in [3.05, 3.63) is 29.8 Å². The van der Waals surface area contributed by atoms with Gasteiger partial charge in [-0.3, -0.25) is 4.79 Å². The Balaban J connectivity index is 1.82. The number of fused-ring (bicyclic) bond motifs is 1. The molecule has 0 spiro atoms. The number of carbonyl (C=O) groups is 1. The third-order valence-corrected chi connectivity index (χ3v) is 3.66. The van der Waals surface area contributed by atoms with Gasteiger partial charge in [0.2, 0.25) is 0 Å². The van der Waals surface area contributed by atoms with E-state index in [4.69, 9.17) is 4.74 Å². The summed E-state index contributed by atoms with van der Waals surface area (Å²) in [5.74, 6) is 0.899. The van der Waals surface area contributed by atoms with Crippen LogP contribution in [0.15, 0.2) is 24.3 Å². The summed E-state index contributed by atoms with van der Waals surface area (Å²) in [4.78, 5) is 14.2. The Morgan fingerprint density at radius 1 is 1.35 bits per heavy atom. The van der Waals surface area contributed by atoms with Gasteiger partial charge in [0.05, 0.1) is 6.61 Å². The maximum absolute atomic E-state index is 11.8. The molecule has 1 atom stereocenters. The second-order valence-electron chi connectivity index (χ2n) is 4.87. The first-order valence-corrected chi connectivity index (χ1v) is 6.29. The lowest BCUT2D eigenvalue weighted by atomic mass is 9.98. The number of anilines is 1. The summed E-state index contributed by atoms with van der Waals surface area (Å²) < 4.78 is 5.41. The van der Waals surface area contributed by atoms with Gasteiger partial charge in [-0.1, -0.05) is 12.1 Å². The number of carbonyl (C=O) groups excluding carboxylic acids is 1. The molecule has 3 rings (SSSR count). The molecule has 0 bridgehead atoms. The maximum Gasteiger partial charge on any atom is 0.166 e. The zero-order valence-corrected chi connectivity index (χ0v) is 9.89. The fourth-order valence-electron chi connectivity index (χ4n) is 2.71. The number of Topliss-reactive ketones (excluding diaryl/α,β-unsaturated/α-hetero) is 1. The standard InChI is InChI=1S/C14H17NO2/c16-14-5-7-15(9-11-6-8-17-10-11)13-4-2-1-3-12(13)14/h1-4,11H,5-10H2. The van der Waals surface area contributed by atoms with E-state index >= 15 is 0 Å². The summed E-state index contributed by atoms with van der Waals surface area (Å²) in [5, 5.41) is 0. The fraction of sp³-hybridized carbons (Fsp3) is 0.500. The number of ketones is 1. The second kappa shape index (κ2) is 4.49. The van der Waals surface area contributed by atoms with Crippen molar-refractivity contribution in [1.82, 2.24) is 0 Å². The smallest absolute Gasteiger partial charge is 0.166 e. The summed E-state index contributed by atoms with van der Waals surface area (Å²) in [5.41, 5.74) is 1.99. The van der Waals surface area contributed by atoms with Crippen LogP contribution < -0.4 is 4.90 Å². The lowest BCUT2D eigenvalue weighted by Gasteiger charge is -2.32. The van der Waals surface area contributed by atoms with Gasteiger partial charge < -0.3 is 9.64 Å². The molecule has 0 radical (unpaired) electrons. The zero-order chi connectivity index (χ0) is 11.7. The topological polar surface area (TPSA) is 29.5 Å². The summed E-state index contributed by atoms with van der Waals surface area (Å²) in [7, 11) is 0. The van der Waals surface area contributed by atoms with Crippen molar-refractivity contribution in [3.8, 4) is 0 Å². The lowest BCUT2D eigenvalue weighted by Crippen LogP contribution is -2.36. The van der Waals surface area contributed by atoms with Gasteiger partial charge in [0.15, 0.2) is 5.78 Å². The molecule has 17 heavy (non-hydrogen) atoms. The van der Waals surface area contributed by atoms with Crippen LogP contribution in [0, 0.1) is 5.92 Å². The average molecular weight is 231 g/mol. The van der Waals surface area contributed by atoms with E-state index in [0.717, 1.165) is 44.0 Å². The van der Waals surface area contributed by atoms with E-state index in [-0.39, 0.29) is 5.78 Å². The highest BCUT2D eigenvalue weighted by Crippen LogP contribution is 2.28. The van der Waals surface area contributed by atoms with Gasteiger partial charge in [0.1, 0.15) is 0 Å². The van der Waals surface area contributed by atoms with Crippen LogP contribution in [0.4, 0.5) is 5.69 Å². The largest absolute Gasteiger partial charge is 0.381 e. The highest BCUT2D eigenvalue weighted by atomic mass is 16.5. The normalized spacial score (nSPS) is 23.9. The van der Waals surface area contributed by atoms with E-state index in [9.17, 15) is 4.79 Å². The van der Waals surface area contributed by atoms with E-state index in [1.807, 2.05) is 18.2 Å². The Kier molecular flexibility index (Phi) is 2.85. The zero-order valence-electron chi connectivity index (χ0n) is 9.89. The molecular weight excluding hydrogens is 214 g/mol. The quantitative estimate of drug-likeness (QED) is 0.780. The van der Waals surface area contributed by atoms with Crippen molar-refractivity contribution in [1.29, 1.82) is 0 Å². The monoisotopic (exact) mass is 231 g/mol. The minimum absolute atomic E-state index is 0.277. The third kappa shape index (κ3) is 2.07. The van der Waals surface area contributed by atoms with Crippen molar-refractivity contribution in [3.63, 3.8) is 0 Å². The molecule has 0 saturated carbocycles. The van der Waals surface area contributed by atoms with E-state index in [1.165, 1.54) is 0 Å². The van der Waals surface area contributed by atoms with Crippen LogP contribution >= 0.6 is 0 Å². The van der Waals surface area contributed by atoms with E-state index in [2.05, 4.69) is 11.0 Å². The first-order chi connectivity index (χ1) is 8.34. The van der Waals surface area contributed by atoms with E-state index in [1.54, 1.807) is 0 Å². The first-order valence-electron chi connectivity index (χ1n) is 6.29. The minimum Gasteiger partial charge on any atom is -0.381 e. The summed E-state index contributed by atoms with van der Waals surface area (Å²) in [6.45, 7) is 3.63. The van der Waals surface area contributed by atoms with Crippen LogP contribution in [0.2, 0.25) is 0 Å². The molecule has 3 heteroatoms. The number of hydrogen-bond donors (Lipinski definition) is 0. The van der Waals surface area contributed by atoms with Gasteiger partial charge in [-0.05, 0) is 18.6 Å². The predicted molar refractivity (Wildman–Crippen MR) is 66.5 cm³/mol. The Bertz CT molecular complexity index is 424. The Labute approximate surface area is 101 Å². The predicted octanol–water partition coefficient (Wildman–Crippen LogP) is 2.12. The molecule has 3 nitrogen and oxygen atoms in total. The average Bonchev–Trinajstić information content (AvgIpc) is 2.86. The molecule has 0 aliphatic carbocycles. The molecule has 2 aliphatic heterocycles. The molecular formula is C14H17NO2. The lowest BCUT2D eigenvalue weighted by molar-refractivity contribution is 0.0979. The van der Waals surface area contributed by atoms with Gasteiger partial charge in [-0.2, -0.15) is 0 Å². The molecule has 0 aromatic heterocycles. The third-order valence-electron chi connectivity index (χ3n) is 3.66. The van der Waals surface area contributed by atoms with Crippen LogP contribution in [0.25, 0.3) is 0 Å². The van der Waals surface area contributed by atoms with Gasteiger partial charge in [0, 0.05) is 43.3 Å². The Hall–Kier alpha value is -1.35. The number of ether oxygens (including phenoxy) is 1. The minimum atomic E-state index is 0.277. The van der Waals surface area contributed by atoms with Crippen LogP contribution in [0.5, 0.6) is 0 Å². The summed E-state index contributed by atoms with van der Waals surface area (Å²) in [6, 6.07) is 7.95. The van der Waals surface area contributed by atoms with E-state index < -0.39 is 0 Å². The molecule has 1 aromatic rings. The molecule has 0 amide bonds. The van der Waals surface area contributed by atoms with Gasteiger partial charge in [-0.15, -0.1) is 0 Å². The van der Waals surface area contributed by atoms with Crippen LogP contribution in [0.3, 0.4) is 0 Å². The van der Waals surface area contributed by atoms with E-state index in [0.29, 0.717) is 12.3 Å². The summed E-state index contributed by atoms with van der Waals surface area (Å²) >= 11 is 0. The van der Waals surface area contributed by atoms with Crippen molar-refractivity contribution in [2.24, 2.45) is 5.92 Å². The van der Waals surface area contributed by atoms with Crippen molar-refractivity contribution in [2.75, 3.05) is 31.2 Å². The van der Waals surface area contributed by atoms with Crippen LogP contribution in [-0.4, -0.2) is 32.1 Å². The number of rotatable bonds is 2. The molecule has 1 aromatic carbocycles. The van der Waals surface area contributed by atoms with Gasteiger partial charge in [-0.25, -0.2) is 0 Å². The van der Waals surface area contributed by atoms with Gasteiger partial charge >= 0.3 is 0 Å². The highest BCUT2D eigenvalue weighted by Gasteiger charge is 2.25. The molecule has 2 aliphatic rings. The number of nitrogens with zero attached hydrogens (tertiary/aromatic N) is 1. The first kappa shape index (κ1) is 10.8. The van der Waals surface area contributed by atoms with Crippen molar-refractivity contribution >= 4 is 11.5 Å². The number of benzene rings is 1. The van der Waals surface area contributed by atoms with Crippen LogP contribution in [0.1, 0.15) is 23.2 Å². The van der Waals surface area contributed by atoms with Crippen LogP contribution in [-0.2, 0) is 4.74 Å². The molecule has 0 N–H and O–H groups in total. The molecule has 1 unspecified atom stereocenters. The van der Waals surface area contributed by atoms with Crippen molar-refractivity contribution < 1.29 is 9.53 Å². The van der Waals surface area contributed by atoms with Crippen molar-refractivity contribution in [2.45, 2.75) is 12.8 Å². The van der Waals surface area contributed by atoms with Gasteiger partial charge in [0.25, 0.3) is 0 Å². The number of para-hydroxylation sites is 1. The number of hydrogen-bond acceptors (Lipinski definition) is 3.